The number of sulfone groups is 1. The van der Waals surface area contributed by atoms with Gasteiger partial charge in [0.1, 0.15) is 9.57 Å². The first-order valence-corrected chi connectivity index (χ1v) is 15.2. The molecule has 0 aliphatic rings. The molecule has 0 atom stereocenters. The summed E-state index contributed by atoms with van der Waals surface area (Å²) in [6.45, 7) is 0. The minimum atomic E-state index is -3.39. The average Bonchev–Trinajstić information content (AvgIpc) is 3.25. The topological polar surface area (TPSA) is 60.4 Å². The van der Waals surface area contributed by atoms with E-state index in [1.54, 1.807) is 58.9 Å². The van der Waals surface area contributed by atoms with Gasteiger partial charge in [0.05, 0.1) is 10.5 Å². The van der Waals surface area contributed by atoms with Gasteiger partial charge in [-0.25, -0.2) is 13.2 Å². The Morgan fingerprint density at radius 3 is 2.20 bits per heavy atom. The SMILES string of the molecule is CS(=O)(=O)c1ccc(/C(=C\c2ccc(Cl)cc2Cl)C(=O)Oc2ccc(-c3cc(=S)ss3)cc2)cc1. The zero-order valence-corrected chi connectivity index (χ0v) is 22.8. The van der Waals surface area contributed by atoms with Gasteiger partial charge in [0, 0.05) is 21.2 Å². The summed E-state index contributed by atoms with van der Waals surface area (Å²) in [7, 11) is -0.272. The Morgan fingerprint density at radius 1 is 0.943 bits per heavy atom. The van der Waals surface area contributed by atoms with Gasteiger partial charge >= 0.3 is 5.97 Å². The Labute approximate surface area is 225 Å². The molecule has 0 amide bonds. The number of carbonyl (C=O) groups is 1. The zero-order valence-electron chi connectivity index (χ0n) is 18.0. The van der Waals surface area contributed by atoms with Crippen molar-refractivity contribution in [2.24, 2.45) is 0 Å². The second-order valence-corrected chi connectivity index (χ2v) is 13.2. The van der Waals surface area contributed by atoms with Crippen molar-refractivity contribution in [3.05, 3.63) is 97.8 Å². The van der Waals surface area contributed by atoms with Crippen LogP contribution in [0.4, 0.5) is 0 Å². The molecule has 0 radical (unpaired) electrons. The van der Waals surface area contributed by atoms with Crippen LogP contribution in [0.25, 0.3) is 22.1 Å². The first-order valence-electron chi connectivity index (χ1n) is 10.0. The van der Waals surface area contributed by atoms with E-state index in [2.05, 4.69) is 0 Å². The van der Waals surface area contributed by atoms with Crippen LogP contribution in [-0.4, -0.2) is 20.6 Å². The van der Waals surface area contributed by atoms with Gasteiger partial charge in [-0.3, -0.25) is 0 Å². The van der Waals surface area contributed by atoms with Crippen LogP contribution in [0, 0.1) is 3.82 Å². The Balaban J connectivity index is 1.68. The highest BCUT2D eigenvalue weighted by molar-refractivity contribution is 7.90. The molecule has 0 aliphatic carbocycles. The number of rotatable bonds is 6. The van der Waals surface area contributed by atoms with E-state index in [9.17, 15) is 13.2 Å². The van der Waals surface area contributed by atoms with Gasteiger partial charge < -0.3 is 4.74 Å². The predicted octanol–water partition coefficient (Wildman–Crippen LogP) is 8.06. The molecular formula is C25H16Cl2O4S4. The van der Waals surface area contributed by atoms with E-state index >= 15 is 0 Å². The second-order valence-electron chi connectivity index (χ2n) is 7.43. The molecule has 0 saturated heterocycles. The van der Waals surface area contributed by atoms with Crippen LogP contribution in [0.5, 0.6) is 5.75 Å². The smallest absolute Gasteiger partial charge is 0.344 e. The van der Waals surface area contributed by atoms with E-state index in [0.717, 1.165) is 20.5 Å². The molecule has 178 valence electrons. The minimum Gasteiger partial charge on any atom is -0.423 e. The summed E-state index contributed by atoms with van der Waals surface area (Å²) in [5.74, 6) is -0.263. The average molecular weight is 580 g/mol. The zero-order chi connectivity index (χ0) is 25.2. The maximum Gasteiger partial charge on any atom is 0.344 e. The number of benzene rings is 3. The van der Waals surface area contributed by atoms with Gasteiger partial charge in [-0.2, -0.15) is 0 Å². The largest absolute Gasteiger partial charge is 0.423 e. The summed E-state index contributed by atoms with van der Waals surface area (Å²) in [5.41, 5.74) is 2.21. The van der Waals surface area contributed by atoms with E-state index in [-0.39, 0.29) is 10.5 Å². The predicted molar refractivity (Wildman–Crippen MR) is 148 cm³/mol. The molecule has 4 rings (SSSR count). The summed E-state index contributed by atoms with van der Waals surface area (Å²) in [4.78, 5) is 14.4. The number of ether oxygens (including phenoxy) is 1. The van der Waals surface area contributed by atoms with Crippen molar-refractivity contribution in [3.8, 4) is 16.2 Å². The summed E-state index contributed by atoms with van der Waals surface area (Å²) < 4.78 is 30.2. The first-order chi connectivity index (χ1) is 16.6. The Morgan fingerprint density at radius 2 is 1.63 bits per heavy atom. The lowest BCUT2D eigenvalue weighted by Gasteiger charge is -2.11. The third-order valence-corrected chi connectivity index (χ3v) is 9.49. The number of hydrogen-bond donors (Lipinski definition) is 0. The fraction of sp³-hybridized carbons (Fsp3) is 0.0400. The van der Waals surface area contributed by atoms with E-state index < -0.39 is 15.8 Å². The van der Waals surface area contributed by atoms with Crippen molar-refractivity contribution in [2.75, 3.05) is 6.26 Å². The quantitative estimate of drug-likeness (QED) is 0.0578. The third kappa shape index (κ3) is 6.46. The number of esters is 1. The lowest BCUT2D eigenvalue weighted by atomic mass is 10.0. The molecule has 3 aromatic carbocycles. The molecule has 0 fully saturated rings. The van der Waals surface area contributed by atoms with Gasteiger partial charge in [0.15, 0.2) is 9.84 Å². The lowest BCUT2D eigenvalue weighted by molar-refractivity contribution is -0.127. The maximum absolute atomic E-state index is 13.2. The van der Waals surface area contributed by atoms with Crippen LogP contribution in [-0.2, 0) is 14.6 Å². The molecule has 0 unspecified atom stereocenters. The summed E-state index contributed by atoms with van der Waals surface area (Å²) in [6, 6.07) is 20.0. The molecule has 10 heteroatoms. The van der Waals surface area contributed by atoms with Crippen molar-refractivity contribution in [2.45, 2.75) is 4.90 Å². The molecule has 0 bridgehead atoms. The third-order valence-electron chi connectivity index (χ3n) is 4.89. The van der Waals surface area contributed by atoms with Crippen LogP contribution in [0.15, 0.2) is 77.7 Å². The highest BCUT2D eigenvalue weighted by Crippen LogP contribution is 2.32. The van der Waals surface area contributed by atoms with Crippen molar-refractivity contribution in [1.82, 2.24) is 0 Å². The normalized spacial score (nSPS) is 11.9. The summed E-state index contributed by atoms with van der Waals surface area (Å²) in [6.07, 6.45) is 2.71. The first kappa shape index (κ1) is 25.8. The van der Waals surface area contributed by atoms with Gasteiger partial charge in [0.2, 0.25) is 0 Å². The lowest BCUT2D eigenvalue weighted by Crippen LogP contribution is -2.11. The number of hydrogen-bond acceptors (Lipinski definition) is 7. The fourth-order valence-electron chi connectivity index (χ4n) is 3.14. The molecule has 0 saturated carbocycles. The molecule has 0 spiro atoms. The van der Waals surface area contributed by atoms with Crippen molar-refractivity contribution in [1.29, 1.82) is 0 Å². The highest BCUT2D eigenvalue weighted by Gasteiger charge is 2.17. The van der Waals surface area contributed by atoms with Crippen molar-refractivity contribution >= 4 is 83.6 Å². The van der Waals surface area contributed by atoms with Gasteiger partial charge in [-0.1, -0.05) is 74.3 Å². The Hall–Kier alpha value is -2.33. The Bertz CT molecular complexity index is 1580. The summed E-state index contributed by atoms with van der Waals surface area (Å²) in [5, 5.41) is 0.821. The molecule has 4 nitrogen and oxygen atoms in total. The number of carbonyl (C=O) groups excluding carboxylic acids is 1. The summed E-state index contributed by atoms with van der Waals surface area (Å²) >= 11 is 17.5. The number of halogens is 2. The fourth-order valence-corrected chi connectivity index (χ4v) is 6.63. The maximum atomic E-state index is 13.2. The van der Waals surface area contributed by atoms with Crippen LogP contribution in [0.2, 0.25) is 10.0 Å². The molecule has 4 aromatic rings. The molecule has 0 aliphatic heterocycles. The molecule has 1 aromatic heterocycles. The van der Waals surface area contributed by atoms with Crippen LogP contribution >= 0.6 is 56.1 Å². The molecular weight excluding hydrogens is 563 g/mol. The van der Waals surface area contributed by atoms with Gasteiger partial charge in [0.25, 0.3) is 0 Å². The van der Waals surface area contributed by atoms with Crippen LogP contribution in [0.1, 0.15) is 11.1 Å². The molecule has 1 heterocycles. The van der Waals surface area contributed by atoms with Crippen molar-refractivity contribution < 1.29 is 17.9 Å². The van der Waals surface area contributed by atoms with E-state index in [1.165, 1.54) is 22.5 Å². The monoisotopic (exact) mass is 578 g/mol. The second kappa shape index (κ2) is 10.7. The van der Waals surface area contributed by atoms with Crippen molar-refractivity contribution in [3.63, 3.8) is 0 Å². The molecule has 35 heavy (non-hydrogen) atoms. The van der Waals surface area contributed by atoms with Crippen LogP contribution < -0.4 is 4.74 Å². The van der Waals surface area contributed by atoms with Crippen LogP contribution in [0.3, 0.4) is 0 Å². The van der Waals surface area contributed by atoms with Gasteiger partial charge in [-0.05, 0) is 77.4 Å². The van der Waals surface area contributed by atoms with Gasteiger partial charge in [-0.15, -0.1) is 0 Å². The van der Waals surface area contributed by atoms with E-state index in [0.29, 0.717) is 26.9 Å². The standard InChI is InChI=1S/C25H16Cl2O4S4/c1-35(29,30)20-10-5-15(6-11-20)21(12-17-2-7-18(26)13-22(17)27)25(28)31-19-8-3-16(4-9-19)23-14-24(32)34-33-23/h2-14H,1H3/b21-12+. The Kier molecular flexibility index (Phi) is 7.90. The van der Waals surface area contributed by atoms with E-state index in [1.807, 2.05) is 18.2 Å². The van der Waals surface area contributed by atoms with E-state index in [4.69, 9.17) is 40.2 Å². The minimum absolute atomic E-state index is 0.144. The highest BCUT2D eigenvalue weighted by atomic mass is 35.5. The molecule has 0 N–H and O–H groups in total.